The average Bonchev–Trinajstić information content (AvgIpc) is 2.51. The van der Waals surface area contributed by atoms with Gasteiger partial charge in [-0.2, -0.15) is 0 Å². The third kappa shape index (κ3) is 2.29. The quantitative estimate of drug-likeness (QED) is 0.734. The molecule has 0 aliphatic rings. The van der Waals surface area contributed by atoms with Crippen LogP contribution in [0, 0.1) is 0 Å². The van der Waals surface area contributed by atoms with Crippen molar-refractivity contribution in [3.63, 3.8) is 0 Å². The molecular weight excluding hydrogens is 262 g/mol. The predicted octanol–water partition coefficient (Wildman–Crippen LogP) is 2.90. The second-order valence-corrected chi connectivity index (χ2v) is 5.40. The molecule has 1 heterocycles. The number of nitrogen functional groups attached to an aromatic ring is 1. The number of fused-ring (bicyclic) bond motifs is 1. The Kier molecular flexibility index (Phi) is 3.22. The van der Waals surface area contributed by atoms with E-state index in [1.54, 1.807) is 6.07 Å². The van der Waals surface area contributed by atoms with Gasteiger partial charge >= 0.3 is 0 Å². The number of nitrogens with two attached hydrogens (primary N) is 1. The molecule has 0 fully saturated rings. The van der Waals surface area contributed by atoms with E-state index >= 15 is 0 Å². The topological polar surface area (TPSA) is 60.9 Å². The number of hydrogen-bond donors (Lipinski definition) is 1. The molecule has 4 nitrogen and oxygen atoms in total. The Morgan fingerprint density at radius 3 is 2.38 bits per heavy atom. The van der Waals surface area contributed by atoms with Gasteiger partial charge < -0.3 is 5.84 Å². The van der Waals surface area contributed by atoms with E-state index in [4.69, 9.17) is 5.84 Å². The summed E-state index contributed by atoms with van der Waals surface area (Å²) in [5.74, 6) is 6.86. The van der Waals surface area contributed by atoms with Gasteiger partial charge in [0.05, 0.1) is 10.9 Å². The highest BCUT2D eigenvalue weighted by atomic mass is 16.1. The lowest BCUT2D eigenvalue weighted by Gasteiger charge is -2.10. The number of aromatic nitrogens is 2. The van der Waals surface area contributed by atoms with Crippen LogP contribution in [0.2, 0.25) is 0 Å². The Morgan fingerprint density at radius 1 is 1.05 bits per heavy atom. The molecule has 0 aliphatic heterocycles. The Balaban J connectivity index is 2.20. The maximum absolute atomic E-state index is 12.3. The van der Waals surface area contributed by atoms with Crippen LogP contribution in [0.5, 0.6) is 0 Å². The van der Waals surface area contributed by atoms with Gasteiger partial charge in [-0.1, -0.05) is 50.2 Å². The Morgan fingerprint density at radius 2 is 1.71 bits per heavy atom. The standard InChI is InChI=1S/C17H17N3O/c1-11(2)12-7-9-13(10-8-12)16-19-15-6-4-3-5-14(15)17(21)20(16)18/h3-11H,18H2,1-2H3. The van der Waals surface area contributed by atoms with Crippen molar-refractivity contribution < 1.29 is 0 Å². The molecule has 0 bridgehead atoms. The molecule has 0 spiro atoms. The molecule has 0 amide bonds. The summed E-state index contributed by atoms with van der Waals surface area (Å²) in [4.78, 5) is 16.8. The molecule has 0 atom stereocenters. The first-order valence-corrected chi connectivity index (χ1v) is 6.95. The highest BCUT2D eigenvalue weighted by Crippen LogP contribution is 2.21. The van der Waals surface area contributed by atoms with Gasteiger partial charge in [0.1, 0.15) is 0 Å². The second-order valence-electron chi connectivity index (χ2n) is 5.40. The van der Waals surface area contributed by atoms with Crippen molar-refractivity contribution in [2.45, 2.75) is 19.8 Å². The molecule has 0 aliphatic carbocycles. The van der Waals surface area contributed by atoms with Gasteiger partial charge in [0.2, 0.25) is 0 Å². The van der Waals surface area contributed by atoms with Crippen LogP contribution in [0.15, 0.2) is 53.3 Å². The van der Waals surface area contributed by atoms with Gasteiger partial charge in [0.25, 0.3) is 5.56 Å². The fraction of sp³-hybridized carbons (Fsp3) is 0.176. The molecule has 0 unspecified atom stereocenters. The van der Waals surface area contributed by atoms with Gasteiger partial charge in [-0.3, -0.25) is 4.79 Å². The zero-order chi connectivity index (χ0) is 15.0. The molecule has 106 valence electrons. The van der Waals surface area contributed by atoms with E-state index in [1.807, 2.05) is 42.5 Å². The summed E-state index contributed by atoms with van der Waals surface area (Å²) in [6.07, 6.45) is 0. The number of para-hydroxylation sites is 1. The van der Waals surface area contributed by atoms with E-state index in [2.05, 4.69) is 18.8 Å². The van der Waals surface area contributed by atoms with Crippen LogP contribution < -0.4 is 11.4 Å². The molecule has 4 heteroatoms. The fourth-order valence-corrected chi connectivity index (χ4v) is 2.37. The summed E-state index contributed by atoms with van der Waals surface area (Å²) < 4.78 is 1.12. The Hall–Kier alpha value is -2.62. The minimum Gasteiger partial charge on any atom is -0.334 e. The molecule has 0 saturated heterocycles. The first-order valence-electron chi connectivity index (χ1n) is 6.95. The number of nitrogens with zero attached hydrogens (tertiary/aromatic N) is 2. The lowest BCUT2D eigenvalue weighted by molar-refractivity contribution is 0.866. The fourth-order valence-electron chi connectivity index (χ4n) is 2.37. The van der Waals surface area contributed by atoms with E-state index in [0.717, 1.165) is 10.2 Å². The summed E-state index contributed by atoms with van der Waals surface area (Å²) >= 11 is 0. The Labute approximate surface area is 122 Å². The SMILES string of the molecule is CC(C)c1ccc(-c2nc3ccccc3c(=O)n2N)cc1. The maximum atomic E-state index is 12.3. The van der Waals surface area contributed by atoms with Crippen LogP contribution in [0.25, 0.3) is 22.3 Å². The molecular formula is C17H17N3O. The molecule has 3 aromatic rings. The first-order chi connectivity index (χ1) is 10.1. The molecule has 2 aromatic carbocycles. The molecule has 2 N–H and O–H groups in total. The Bertz CT molecular complexity index is 848. The van der Waals surface area contributed by atoms with E-state index < -0.39 is 0 Å². The molecule has 1 aromatic heterocycles. The minimum atomic E-state index is -0.233. The summed E-state index contributed by atoms with van der Waals surface area (Å²) in [6.45, 7) is 4.28. The monoisotopic (exact) mass is 279 g/mol. The van der Waals surface area contributed by atoms with Crippen LogP contribution in [-0.2, 0) is 0 Å². The number of hydrogen-bond acceptors (Lipinski definition) is 3. The smallest absolute Gasteiger partial charge is 0.280 e. The van der Waals surface area contributed by atoms with Gasteiger partial charge in [0, 0.05) is 5.56 Å². The van der Waals surface area contributed by atoms with Crippen molar-refractivity contribution in [3.05, 3.63) is 64.4 Å². The van der Waals surface area contributed by atoms with E-state index in [0.29, 0.717) is 22.6 Å². The maximum Gasteiger partial charge on any atom is 0.280 e. The van der Waals surface area contributed by atoms with E-state index in [9.17, 15) is 4.79 Å². The van der Waals surface area contributed by atoms with Crippen LogP contribution >= 0.6 is 0 Å². The first kappa shape index (κ1) is 13.4. The van der Waals surface area contributed by atoms with Crippen molar-refractivity contribution in [1.82, 2.24) is 9.66 Å². The van der Waals surface area contributed by atoms with E-state index in [1.165, 1.54) is 5.56 Å². The van der Waals surface area contributed by atoms with Gasteiger partial charge in [-0.15, -0.1) is 0 Å². The largest absolute Gasteiger partial charge is 0.334 e. The molecule has 0 radical (unpaired) electrons. The van der Waals surface area contributed by atoms with Gasteiger partial charge in [-0.25, -0.2) is 9.66 Å². The van der Waals surface area contributed by atoms with Crippen molar-refractivity contribution in [2.75, 3.05) is 5.84 Å². The second kappa shape index (κ2) is 5.05. The highest BCUT2D eigenvalue weighted by molar-refractivity contribution is 5.79. The minimum absolute atomic E-state index is 0.233. The van der Waals surface area contributed by atoms with Gasteiger partial charge in [-0.05, 0) is 23.6 Å². The zero-order valence-electron chi connectivity index (χ0n) is 12.1. The van der Waals surface area contributed by atoms with E-state index in [-0.39, 0.29) is 5.56 Å². The molecule has 0 saturated carbocycles. The third-order valence-electron chi connectivity index (χ3n) is 3.64. The van der Waals surface area contributed by atoms with Crippen molar-refractivity contribution in [2.24, 2.45) is 0 Å². The van der Waals surface area contributed by atoms with Crippen molar-refractivity contribution in [3.8, 4) is 11.4 Å². The average molecular weight is 279 g/mol. The predicted molar refractivity (Wildman–Crippen MR) is 85.7 cm³/mol. The number of rotatable bonds is 2. The van der Waals surface area contributed by atoms with Crippen LogP contribution in [0.4, 0.5) is 0 Å². The van der Waals surface area contributed by atoms with Crippen molar-refractivity contribution >= 4 is 10.9 Å². The lowest BCUT2D eigenvalue weighted by atomic mass is 10.0. The normalized spacial score (nSPS) is 11.2. The third-order valence-corrected chi connectivity index (χ3v) is 3.64. The zero-order valence-corrected chi connectivity index (χ0v) is 12.1. The lowest BCUT2D eigenvalue weighted by Crippen LogP contribution is -2.29. The van der Waals surface area contributed by atoms with Crippen molar-refractivity contribution in [1.29, 1.82) is 0 Å². The van der Waals surface area contributed by atoms with Gasteiger partial charge in [0.15, 0.2) is 5.82 Å². The molecule has 21 heavy (non-hydrogen) atoms. The molecule has 3 rings (SSSR count). The van der Waals surface area contributed by atoms with Crippen LogP contribution in [-0.4, -0.2) is 9.66 Å². The van der Waals surface area contributed by atoms with Crippen LogP contribution in [0.1, 0.15) is 25.3 Å². The summed E-state index contributed by atoms with van der Waals surface area (Å²) in [6, 6.07) is 15.2. The number of benzene rings is 2. The van der Waals surface area contributed by atoms with Crippen LogP contribution in [0.3, 0.4) is 0 Å². The highest BCUT2D eigenvalue weighted by Gasteiger charge is 2.10. The summed E-state index contributed by atoms with van der Waals surface area (Å²) in [5.41, 5.74) is 2.51. The summed E-state index contributed by atoms with van der Waals surface area (Å²) in [5, 5.41) is 0.530. The summed E-state index contributed by atoms with van der Waals surface area (Å²) in [7, 11) is 0.